The van der Waals surface area contributed by atoms with E-state index >= 15 is 0 Å². The van der Waals surface area contributed by atoms with Crippen LogP contribution in [0.25, 0.3) is 11.3 Å². The Labute approximate surface area is 92.3 Å². The van der Waals surface area contributed by atoms with Crippen molar-refractivity contribution in [2.75, 3.05) is 0 Å². The highest BCUT2D eigenvalue weighted by atomic mass is 16.4. The van der Waals surface area contributed by atoms with E-state index in [-0.39, 0.29) is 6.54 Å². The molecular weight excluding hydrogens is 206 g/mol. The molecule has 5 heteroatoms. The quantitative estimate of drug-likeness (QED) is 0.842. The second kappa shape index (κ2) is 4.14. The summed E-state index contributed by atoms with van der Waals surface area (Å²) in [5.74, 6) is -0.930. The normalized spacial score (nSPS) is 10.3. The fraction of sp³-hybridized carbons (Fsp3) is 0.182. The highest BCUT2D eigenvalue weighted by Crippen LogP contribution is 2.16. The molecule has 5 nitrogen and oxygen atoms in total. The minimum atomic E-state index is -0.930. The molecule has 0 amide bonds. The minimum Gasteiger partial charge on any atom is -0.480 e. The van der Waals surface area contributed by atoms with Crippen LogP contribution in [-0.4, -0.2) is 26.1 Å². The molecular formula is C11H11N3O2. The minimum absolute atomic E-state index is 0.168. The lowest BCUT2D eigenvalue weighted by Gasteiger charge is -1.96. The number of aliphatic carboxylic acids is 1. The zero-order valence-corrected chi connectivity index (χ0v) is 8.79. The Morgan fingerprint density at radius 3 is 2.69 bits per heavy atom. The number of aromatic nitrogens is 3. The Hall–Kier alpha value is -2.17. The molecule has 0 atom stereocenters. The van der Waals surface area contributed by atoms with E-state index in [1.807, 2.05) is 31.2 Å². The Balaban J connectivity index is 2.24. The van der Waals surface area contributed by atoms with E-state index in [4.69, 9.17) is 5.11 Å². The SMILES string of the molecule is Cc1ccc(-c2cn(CC(=O)O)nn2)cc1. The first-order valence-electron chi connectivity index (χ1n) is 4.84. The predicted octanol–water partition coefficient (Wildman–Crippen LogP) is 1.34. The fourth-order valence-corrected chi connectivity index (χ4v) is 1.37. The number of carboxylic acids is 1. The molecule has 0 saturated carbocycles. The standard InChI is InChI=1S/C11H11N3O2/c1-8-2-4-9(5-3-8)10-6-14(13-12-10)7-11(15)16/h2-6H,7H2,1H3,(H,15,16). The number of benzene rings is 1. The molecule has 1 N–H and O–H groups in total. The summed E-state index contributed by atoms with van der Waals surface area (Å²) in [5, 5.41) is 16.3. The van der Waals surface area contributed by atoms with Gasteiger partial charge in [0.15, 0.2) is 0 Å². The van der Waals surface area contributed by atoms with Crippen LogP contribution in [0.15, 0.2) is 30.5 Å². The lowest BCUT2D eigenvalue weighted by atomic mass is 10.1. The average Bonchev–Trinajstić information content (AvgIpc) is 2.66. The van der Waals surface area contributed by atoms with Crippen molar-refractivity contribution in [1.29, 1.82) is 0 Å². The third kappa shape index (κ3) is 2.25. The van der Waals surface area contributed by atoms with E-state index in [1.54, 1.807) is 6.20 Å². The van der Waals surface area contributed by atoms with Gasteiger partial charge in [-0.1, -0.05) is 35.0 Å². The van der Waals surface area contributed by atoms with Gasteiger partial charge in [-0.05, 0) is 6.92 Å². The summed E-state index contributed by atoms with van der Waals surface area (Å²) in [6.07, 6.45) is 1.62. The number of hydrogen-bond acceptors (Lipinski definition) is 3. The van der Waals surface area contributed by atoms with Gasteiger partial charge in [0.25, 0.3) is 0 Å². The molecule has 2 rings (SSSR count). The van der Waals surface area contributed by atoms with E-state index < -0.39 is 5.97 Å². The van der Waals surface area contributed by atoms with Crippen LogP contribution in [0.5, 0.6) is 0 Å². The number of carboxylic acid groups (broad SMARTS) is 1. The molecule has 0 spiro atoms. The number of rotatable bonds is 3. The average molecular weight is 217 g/mol. The van der Waals surface area contributed by atoms with E-state index in [2.05, 4.69) is 10.3 Å². The molecule has 1 aromatic carbocycles. The topological polar surface area (TPSA) is 68.0 Å². The van der Waals surface area contributed by atoms with Gasteiger partial charge in [0.2, 0.25) is 0 Å². The zero-order valence-electron chi connectivity index (χ0n) is 8.79. The molecule has 0 radical (unpaired) electrons. The Kier molecular flexibility index (Phi) is 2.68. The van der Waals surface area contributed by atoms with E-state index in [9.17, 15) is 4.79 Å². The molecule has 2 aromatic rings. The molecule has 0 aliphatic heterocycles. The largest absolute Gasteiger partial charge is 0.480 e. The van der Waals surface area contributed by atoms with Crippen molar-refractivity contribution in [3.63, 3.8) is 0 Å². The first kappa shape index (κ1) is 10.4. The molecule has 0 fully saturated rings. The second-order valence-electron chi connectivity index (χ2n) is 3.56. The number of carbonyl (C=O) groups is 1. The van der Waals surface area contributed by atoms with Gasteiger partial charge in [-0.15, -0.1) is 5.10 Å². The summed E-state index contributed by atoms with van der Waals surface area (Å²) >= 11 is 0. The molecule has 1 heterocycles. The highest BCUT2D eigenvalue weighted by molar-refractivity contribution is 5.66. The second-order valence-corrected chi connectivity index (χ2v) is 3.56. The Morgan fingerprint density at radius 1 is 1.38 bits per heavy atom. The molecule has 0 saturated heterocycles. The third-order valence-electron chi connectivity index (χ3n) is 2.18. The van der Waals surface area contributed by atoms with Gasteiger partial charge < -0.3 is 5.11 Å². The van der Waals surface area contributed by atoms with Crippen LogP contribution in [-0.2, 0) is 11.3 Å². The highest BCUT2D eigenvalue weighted by Gasteiger charge is 2.05. The number of aryl methyl sites for hydroxylation is 1. The van der Waals surface area contributed by atoms with E-state index in [1.165, 1.54) is 10.2 Å². The van der Waals surface area contributed by atoms with Crippen LogP contribution in [0.4, 0.5) is 0 Å². The van der Waals surface area contributed by atoms with Gasteiger partial charge in [0.1, 0.15) is 12.2 Å². The maximum Gasteiger partial charge on any atom is 0.325 e. The fourth-order valence-electron chi connectivity index (χ4n) is 1.37. The smallest absolute Gasteiger partial charge is 0.325 e. The number of nitrogens with zero attached hydrogens (tertiary/aromatic N) is 3. The summed E-state index contributed by atoms with van der Waals surface area (Å²) in [6.45, 7) is 1.84. The molecule has 82 valence electrons. The van der Waals surface area contributed by atoms with Crippen molar-refractivity contribution in [3.05, 3.63) is 36.0 Å². The van der Waals surface area contributed by atoms with Crippen LogP contribution in [0.1, 0.15) is 5.56 Å². The van der Waals surface area contributed by atoms with Crippen LogP contribution in [0.2, 0.25) is 0 Å². The van der Waals surface area contributed by atoms with Crippen molar-refractivity contribution in [2.24, 2.45) is 0 Å². The van der Waals surface area contributed by atoms with Crippen molar-refractivity contribution in [1.82, 2.24) is 15.0 Å². The molecule has 0 bridgehead atoms. The van der Waals surface area contributed by atoms with E-state index in [0.717, 1.165) is 5.56 Å². The maximum atomic E-state index is 10.5. The van der Waals surface area contributed by atoms with Gasteiger partial charge in [-0.25, -0.2) is 4.68 Å². The first-order valence-corrected chi connectivity index (χ1v) is 4.84. The van der Waals surface area contributed by atoms with Gasteiger partial charge in [-0.2, -0.15) is 0 Å². The maximum absolute atomic E-state index is 10.5. The van der Waals surface area contributed by atoms with Crippen molar-refractivity contribution < 1.29 is 9.90 Å². The predicted molar refractivity (Wildman–Crippen MR) is 57.8 cm³/mol. The van der Waals surface area contributed by atoms with Gasteiger partial charge in [-0.3, -0.25) is 4.79 Å². The van der Waals surface area contributed by atoms with Crippen LogP contribution >= 0.6 is 0 Å². The zero-order chi connectivity index (χ0) is 11.5. The summed E-state index contributed by atoms with van der Waals surface area (Å²) < 4.78 is 1.30. The van der Waals surface area contributed by atoms with Gasteiger partial charge in [0.05, 0.1) is 6.20 Å². The van der Waals surface area contributed by atoms with Gasteiger partial charge in [0, 0.05) is 5.56 Å². The van der Waals surface area contributed by atoms with Crippen LogP contribution in [0.3, 0.4) is 0 Å². The summed E-state index contributed by atoms with van der Waals surface area (Å²) in [7, 11) is 0. The van der Waals surface area contributed by atoms with Crippen LogP contribution < -0.4 is 0 Å². The Bertz CT molecular complexity index is 502. The molecule has 0 aliphatic rings. The van der Waals surface area contributed by atoms with E-state index in [0.29, 0.717) is 5.69 Å². The summed E-state index contributed by atoms with van der Waals surface area (Å²) in [5.41, 5.74) is 2.78. The lowest BCUT2D eigenvalue weighted by molar-refractivity contribution is -0.137. The van der Waals surface area contributed by atoms with Crippen molar-refractivity contribution in [2.45, 2.75) is 13.5 Å². The molecule has 1 aromatic heterocycles. The van der Waals surface area contributed by atoms with Gasteiger partial charge >= 0.3 is 5.97 Å². The summed E-state index contributed by atoms with van der Waals surface area (Å²) in [4.78, 5) is 10.5. The molecule has 0 unspecified atom stereocenters. The lowest BCUT2D eigenvalue weighted by Crippen LogP contribution is -2.08. The summed E-state index contributed by atoms with van der Waals surface area (Å²) in [6, 6.07) is 7.83. The first-order chi connectivity index (χ1) is 7.65. The third-order valence-corrected chi connectivity index (χ3v) is 2.18. The van der Waals surface area contributed by atoms with Crippen LogP contribution in [0, 0.1) is 6.92 Å². The molecule has 16 heavy (non-hydrogen) atoms. The van der Waals surface area contributed by atoms with Crippen molar-refractivity contribution >= 4 is 5.97 Å². The van der Waals surface area contributed by atoms with Crippen molar-refractivity contribution in [3.8, 4) is 11.3 Å². The number of hydrogen-bond donors (Lipinski definition) is 1. The monoisotopic (exact) mass is 217 g/mol. The molecule has 0 aliphatic carbocycles. The Morgan fingerprint density at radius 2 is 2.06 bits per heavy atom.